The number of hydrogen-bond donors (Lipinski definition) is 1. The van der Waals surface area contributed by atoms with Gasteiger partial charge in [-0.1, -0.05) is 6.07 Å². The van der Waals surface area contributed by atoms with Crippen molar-refractivity contribution in [1.82, 2.24) is 9.78 Å². The van der Waals surface area contributed by atoms with Gasteiger partial charge in [0.2, 0.25) is 0 Å². The van der Waals surface area contributed by atoms with Crippen molar-refractivity contribution in [3.05, 3.63) is 78.1 Å². The zero-order chi connectivity index (χ0) is 19.9. The molecule has 1 aromatic heterocycles. The van der Waals surface area contributed by atoms with Gasteiger partial charge >= 0.3 is 6.18 Å². The van der Waals surface area contributed by atoms with E-state index >= 15 is 0 Å². The molecule has 0 bridgehead atoms. The molecule has 0 aliphatic carbocycles. The van der Waals surface area contributed by atoms with Crippen molar-refractivity contribution in [3.8, 4) is 0 Å². The Balaban J connectivity index is 2.20. The summed E-state index contributed by atoms with van der Waals surface area (Å²) in [7, 11) is 0. The average molecular weight is 382 g/mol. The minimum atomic E-state index is -4.75. The third-order valence-corrected chi connectivity index (χ3v) is 3.82. The number of non-ortho nitro benzene ring substituents is 2. The molecule has 0 aliphatic rings. The van der Waals surface area contributed by atoms with Crippen molar-refractivity contribution in [2.75, 3.05) is 0 Å². The van der Waals surface area contributed by atoms with Crippen LogP contribution >= 0.6 is 0 Å². The van der Waals surface area contributed by atoms with Crippen LogP contribution in [-0.4, -0.2) is 19.6 Å². The first kappa shape index (κ1) is 18.1. The van der Waals surface area contributed by atoms with Crippen LogP contribution in [0.4, 0.5) is 24.5 Å². The van der Waals surface area contributed by atoms with Crippen LogP contribution in [0.2, 0.25) is 0 Å². The third kappa shape index (κ3) is 3.36. The SMILES string of the molecule is O=c1[nH]n(Cc2cc([N+](=O)[O-])cc([N+](=O)[O-])c2)c2c(C(F)(F)F)cccc12. The molecule has 27 heavy (non-hydrogen) atoms. The number of para-hydroxylation sites is 1. The highest BCUT2D eigenvalue weighted by atomic mass is 19.4. The Labute approximate surface area is 146 Å². The molecule has 0 amide bonds. The van der Waals surface area contributed by atoms with E-state index in [1.807, 2.05) is 0 Å². The van der Waals surface area contributed by atoms with E-state index in [0.29, 0.717) is 0 Å². The summed E-state index contributed by atoms with van der Waals surface area (Å²) in [5.74, 6) is 0. The Bertz CT molecular complexity index is 1100. The highest BCUT2D eigenvalue weighted by Gasteiger charge is 2.34. The van der Waals surface area contributed by atoms with E-state index < -0.39 is 50.6 Å². The van der Waals surface area contributed by atoms with Gasteiger partial charge in [-0.05, 0) is 17.7 Å². The van der Waals surface area contributed by atoms with Crippen LogP contribution in [0, 0.1) is 20.2 Å². The maximum atomic E-state index is 13.3. The van der Waals surface area contributed by atoms with Crippen LogP contribution in [0.3, 0.4) is 0 Å². The number of nitro groups is 2. The topological polar surface area (TPSA) is 124 Å². The largest absolute Gasteiger partial charge is 0.418 e. The molecule has 0 radical (unpaired) electrons. The quantitative estimate of drug-likeness (QED) is 0.548. The van der Waals surface area contributed by atoms with Crippen molar-refractivity contribution in [2.45, 2.75) is 12.7 Å². The minimum Gasteiger partial charge on any atom is -0.279 e. The van der Waals surface area contributed by atoms with Crippen LogP contribution in [0.5, 0.6) is 0 Å². The molecule has 0 fully saturated rings. The van der Waals surface area contributed by atoms with Gasteiger partial charge in [0.25, 0.3) is 16.9 Å². The summed E-state index contributed by atoms with van der Waals surface area (Å²) in [6.45, 7) is -0.436. The summed E-state index contributed by atoms with van der Waals surface area (Å²) in [6, 6.07) is 5.81. The standard InChI is InChI=1S/C15H9F3N4O5/c16-15(17,18)12-3-1-2-11-13(12)20(19-14(11)23)7-8-4-9(21(24)25)6-10(5-8)22(26)27/h1-6H,7H2,(H,19,23). The monoisotopic (exact) mass is 382 g/mol. The Kier molecular flexibility index (Phi) is 4.18. The van der Waals surface area contributed by atoms with Gasteiger partial charge in [0, 0.05) is 12.1 Å². The van der Waals surface area contributed by atoms with Crippen molar-refractivity contribution in [2.24, 2.45) is 0 Å². The number of nitrogens with one attached hydrogen (secondary N) is 1. The number of H-pyrrole nitrogens is 1. The Morgan fingerprint density at radius 3 is 2.15 bits per heavy atom. The highest BCUT2D eigenvalue weighted by Crippen LogP contribution is 2.34. The molecule has 1 N–H and O–H groups in total. The minimum absolute atomic E-state index is 0.0129. The molecule has 0 spiro atoms. The van der Waals surface area contributed by atoms with Crippen molar-refractivity contribution < 1.29 is 23.0 Å². The second-order valence-corrected chi connectivity index (χ2v) is 5.60. The summed E-state index contributed by atoms with van der Waals surface area (Å²) in [5, 5.41) is 23.9. The van der Waals surface area contributed by atoms with Gasteiger partial charge in [-0.25, -0.2) is 0 Å². The van der Waals surface area contributed by atoms with E-state index in [-0.39, 0.29) is 10.9 Å². The summed E-state index contributed by atoms with van der Waals surface area (Å²) >= 11 is 0. The van der Waals surface area contributed by atoms with Crippen LogP contribution in [0.25, 0.3) is 10.9 Å². The number of hydrogen-bond acceptors (Lipinski definition) is 5. The number of aromatic nitrogens is 2. The molecule has 12 heteroatoms. The molecular weight excluding hydrogens is 373 g/mol. The maximum Gasteiger partial charge on any atom is 0.418 e. The fourth-order valence-corrected chi connectivity index (χ4v) is 2.74. The number of alkyl halides is 3. The van der Waals surface area contributed by atoms with Crippen molar-refractivity contribution >= 4 is 22.3 Å². The van der Waals surface area contributed by atoms with Gasteiger partial charge in [-0.3, -0.25) is 34.8 Å². The van der Waals surface area contributed by atoms with Crippen molar-refractivity contribution in [3.63, 3.8) is 0 Å². The van der Waals surface area contributed by atoms with E-state index in [4.69, 9.17) is 0 Å². The smallest absolute Gasteiger partial charge is 0.279 e. The lowest BCUT2D eigenvalue weighted by Crippen LogP contribution is -2.11. The van der Waals surface area contributed by atoms with E-state index in [1.165, 1.54) is 6.07 Å². The Hall–Kier alpha value is -3.70. The van der Waals surface area contributed by atoms with Gasteiger partial charge in [-0.2, -0.15) is 13.2 Å². The number of halogens is 3. The second-order valence-electron chi connectivity index (χ2n) is 5.60. The predicted octanol–water partition coefficient (Wildman–Crippen LogP) is 3.21. The molecule has 2 aromatic carbocycles. The van der Waals surface area contributed by atoms with E-state index in [0.717, 1.165) is 35.0 Å². The fraction of sp³-hybridized carbons (Fsp3) is 0.133. The number of fused-ring (bicyclic) bond motifs is 1. The number of benzene rings is 2. The molecular formula is C15H9F3N4O5. The predicted molar refractivity (Wildman–Crippen MR) is 86.4 cm³/mol. The molecule has 0 atom stereocenters. The van der Waals surface area contributed by atoms with Crippen molar-refractivity contribution in [1.29, 1.82) is 0 Å². The zero-order valence-corrected chi connectivity index (χ0v) is 13.2. The first-order valence-electron chi connectivity index (χ1n) is 7.29. The van der Waals surface area contributed by atoms with Gasteiger partial charge < -0.3 is 0 Å². The normalized spacial score (nSPS) is 11.7. The molecule has 9 nitrogen and oxygen atoms in total. The lowest BCUT2D eigenvalue weighted by molar-refractivity contribution is -0.394. The van der Waals surface area contributed by atoms with E-state index in [9.17, 15) is 38.2 Å². The van der Waals surface area contributed by atoms with Gasteiger partial charge in [0.1, 0.15) is 0 Å². The van der Waals surface area contributed by atoms with Crippen LogP contribution in [0.15, 0.2) is 41.2 Å². The number of nitro benzene ring substituents is 2. The molecule has 3 rings (SSSR count). The number of nitrogens with zero attached hydrogens (tertiary/aromatic N) is 3. The fourth-order valence-electron chi connectivity index (χ4n) is 2.74. The molecule has 1 heterocycles. The summed E-state index contributed by atoms with van der Waals surface area (Å²) in [4.78, 5) is 32.2. The third-order valence-electron chi connectivity index (χ3n) is 3.82. The maximum absolute atomic E-state index is 13.3. The second kappa shape index (κ2) is 6.23. The van der Waals surface area contributed by atoms with Crippen LogP contribution in [-0.2, 0) is 12.7 Å². The van der Waals surface area contributed by atoms with Gasteiger partial charge in [-0.15, -0.1) is 0 Å². The summed E-state index contributed by atoms with van der Waals surface area (Å²) in [6.07, 6.45) is -4.75. The lowest BCUT2D eigenvalue weighted by atomic mass is 10.1. The average Bonchev–Trinajstić information content (AvgIpc) is 2.89. The molecule has 140 valence electrons. The Morgan fingerprint density at radius 1 is 1.04 bits per heavy atom. The first-order valence-corrected chi connectivity index (χ1v) is 7.29. The number of aromatic amines is 1. The van der Waals surface area contributed by atoms with Crippen LogP contribution in [0.1, 0.15) is 11.1 Å². The molecule has 3 aromatic rings. The van der Waals surface area contributed by atoms with E-state index in [2.05, 4.69) is 5.10 Å². The highest BCUT2D eigenvalue weighted by molar-refractivity contribution is 5.82. The molecule has 0 unspecified atom stereocenters. The molecule has 0 saturated carbocycles. The van der Waals surface area contributed by atoms with E-state index in [1.54, 1.807) is 0 Å². The number of rotatable bonds is 4. The zero-order valence-electron chi connectivity index (χ0n) is 13.2. The molecule has 0 saturated heterocycles. The summed E-state index contributed by atoms with van der Waals surface area (Å²) in [5.41, 5.74) is -3.48. The molecule has 0 aliphatic heterocycles. The summed E-state index contributed by atoms with van der Waals surface area (Å²) < 4.78 is 40.7. The first-order chi connectivity index (χ1) is 12.6. The van der Waals surface area contributed by atoms with Gasteiger partial charge in [0.15, 0.2) is 0 Å². The van der Waals surface area contributed by atoms with Gasteiger partial charge in [0.05, 0.1) is 38.9 Å². The lowest BCUT2D eigenvalue weighted by Gasteiger charge is -2.11. The van der Waals surface area contributed by atoms with Crippen LogP contribution < -0.4 is 5.56 Å². The Morgan fingerprint density at radius 2 is 1.63 bits per heavy atom.